The van der Waals surface area contributed by atoms with Crippen molar-refractivity contribution in [1.29, 1.82) is 5.26 Å². The first kappa shape index (κ1) is 20.6. The van der Waals surface area contributed by atoms with Crippen LogP contribution in [0.5, 0.6) is 0 Å². The Morgan fingerprint density at radius 2 is 2.17 bits per heavy atom. The quantitative estimate of drug-likeness (QED) is 0.417. The monoisotopic (exact) mass is 395 g/mol. The Bertz CT molecular complexity index is 1090. The number of aliphatic hydroxyl groups excluding tert-OH is 1. The lowest BCUT2D eigenvalue weighted by atomic mass is 10.1. The van der Waals surface area contributed by atoms with E-state index in [0.717, 1.165) is 10.9 Å². The van der Waals surface area contributed by atoms with Gasteiger partial charge in [-0.3, -0.25) is 9.78 Å². The fourth-order valence-electron chi connectivity index (χ4n) is 3.09. The molecule has 3 aromatic rings. The number of fused-ring (bicyclic) bond motifs is 3. The number of hydrogen-bond acceptors (Lipinski definition) is 6. The van der Waals surface area contributed by atoms with Gasteiger partial charge in [0.15, 0.2) is 0 Å². The number of benzene rings is 1. The molecule has 29 heavy (non-hydrogen) atoms. The summed E-state index contributed by atoms with van der Waals surface area (Å²) in [6, 6.07) is 7.10. The molecule has 0 saturated carbocycles. The van der Waals surface area contributed by atoms with Gasteiger partial charge < -0.3 is 25.8 Å². The van der Waals surface area contributed by atoms with Crippen molar-refractivity contribution < 1.29 is 15.0 Å². The maximum atomic E-state index is 12.8. The van der Waals surface area contributed by atoms with Crippen LogP contribution in [0.3, 0.4) is 0 Å². The molecular weight excluding hydrogens is 370 g/mol. The number of aromatic nitrogens is 2. The molecule has 8 heteroatoms. The molecule has 8 nitrogen and oxygen atoms in total. The molecule has 0 unspecified atom stereocenters. The summed E-state index contributed by atoms with van der Waals surface area (Å²) in [4.78, 5) is 20.5. The van der Waals surface area contributed by atoms with E-state index in [1.165, 1.54) is 6.20 Å². The van der Waals surface area contributed by atoms with Crippen molar-refractivity contribution in [2.75, 3.05) is 18.5 Å². The van der Waals surface area contributed by atoms with Crippen LogP contribution in [0.15, 0.2) is 24.4 Å². The van der Waals surface area contributed by atoms with E-state index >= 15 is 0 Å². The van der Waals surface area contributed by atoms with Gasteiger partial charge in [0.25, 0.3) is 5.91 Å². The molecule has 0 bridgehead atoms. The third-order valence-electron chi connectivity index (χ3n) is 4.67. The first-order valence-corrected chi connectivity index (χ1v) is 9.46. The lowest BCUT2D eigenvalue weighted by molar-refractivity contribution is 0.0693. The van der Waals surface area contributed by atoms with Crippen molar-refractivity contribution >= 4 is 33.5 Å². The summed E-state index contributed by atoms with van der Waals surface area (Å²) in [6.45, 7) is 5.37. The predicted molar refractivity (Wildman–Crippen MR) is 112 cm³/mol. The van der Waals surface area contributed by atoms with Crippen LogP contribution in [0.25, 0.3) is 21.9 Å². The van der Waals surface area contributed by atoms with Crippen LogP contribution in [0.1, 0.15) is 43.1 Å². The van der Waals surface area contributed by atoms with Gasteiger partial charge >= 0.3 is 0 Å². The highest BCUT2D eigenvalue weighted by Crippen LogP contribution is 2.32. The standard InChI is InChI=1S/C21H25N5O3/c1-12(11-27)25-18-15(20(28)23-7-6-21(2,3)29)10-24-17-14-5-4-13(9-22)8-16(14)26-19(17)18/h4-5,8,10,12,26-27,29H,6-7,11H2,1-3H3,(H,23,28)(H,24,25)/t12-/m0/s1. The van der Waals surface area contributed by atoms with Gasteiger partial charge in [0.1, 0.15) is 0 Å². The maximum Gasteiger partial charge on any atom is 0.255 e. The second-order valence-electron chi connectivity index (χ2n) is 7.81. The number of carbonyl (C=O) groups is 1. The molecule has 5 N–H and O–H groups in total. The molecule has 0 radical (unpaired) electrons. The third kappa shape index (κ3) is 4.47. The Morgan fingerprint density at radius 3 is 2.83 bits per heavy atom. The minimum Gasteiger partial charge on any atom is -0.394 e. The second kappa shape index (κ2) is 8.07. The number of carbonyl (C=O) groups excluding carboxylic acids is 1. The number of nitriles is 1. The fourth-order valence-corrected chi connectivity index (χ4v) is 3.09. The highest BCUT2D eigenvalue weighted by molar-refractivity contribution is 6.13. The largest absolute Gasteiger partial charge is 0.394 e. The molecule has 1 atom stereocenters. The van der Waals surface area contributed by atoms with E-state index in [4.69, 9.17) is 5.26 Å². The van der Waals surface area contributed by atoms with E-state index in [0.29, 0.717) is 40.8 Å². The molecule has 152 valence electrons. The number of hydrogen-bond donors (Lipinski definition) is 5. The summed E-state index contributed by atoms with van der Waals surface area (Å²) in [7, 11) is 0. The highest BCUT2D eigenvalue weighted by atomic mass is 16.3. The van der Waals surface area contributed by atoms with Crippen molar-refractivity contribution in [1.82, 2.24) is 15.3 Å². The normalized spacial score (nSPS) is 12.7. The number of anilines is 1. The van der Waals surface area contributed by atoms with Crippen molar-refractivity contribution in [3.05, 3.63) is 35.5 Å². The van der Waals surface area contributed by atoms with E-state index in [-0.39, 0.29) is 18.6 Å². The summed E-state index contributed by atoms with van der Waals surface area (Å²) in [5.41, 5.74) is 2.55. The van der Waals surface area contributed by atoms with E-state index in [1.807, 2.05) is 6.07 Å². The smallest absolute Gasteiger partial charge is 0.255 e. The Balaban J connectivity index is 2.06. The number of H-pyrrole nitrogens is 1. The summed E-state index contributed by atoms with van der Waals surface area (Å²) in [5, 5.41) is 35.3. The zero-order valence-corrected chi connectivity index (χ0v) is 16.7. The highest BCUT2D eigenvalue weighted by Gasteiger charge is 2.20. The van der Waals surface area contributed by atoms with Crippen LogP contribution >= 0.6 is 0 Å². The van der Waals surface area contributed by atoms with Gasteiger partial charge in [0.2, 0.25) is 0 Å². The number of nitrogens with one attached hydrogen (secondary N) is 3. The van der Waals surface area contributed by atoms with Crippen LogP contribution in [0, 0.1) is 11.3 Å². The SMILES string of the molecule is C[C@@H](CO)Nc1c(C(=O)NCCC(C)(C)O)cnc2c1[nH]c1cc(C#N)ccc12. The number of nitrogens with zero attached hydrogens (tertiary/aromatic N) is 2. The Hall–Kier alpha value is -3.15. The van der Waals surface area contributed by atoms with Crippen molar-refractivity contribution in [2.45, 2.75) is 38.8 Å². The Kier molecular flexibility index (Phi) is 5.73. The molecule has 0 saturated heterocycles. The fraction of sp³-hybridized carbons (Fsp3) is 0.381. The molecule has 2 heterocycles. The molecule has 0 aliphatic carbocycles. The number of aromatic amines is 1. The van der Waals surface area contributed by atoms with Crippen LogP contribution in [0.4, 0.5) is 5.69 Å². The van der Waals surface area contributed by atoms with E-state index in [1.54, 1.807) is 32.9 Å². The molecule has 0 aliphatic heterocycles. The molecule has 0 aliphatic rings. The Morgan fingerprint density at radius 1 is 1.41 bits per heavy atom. The zero-order valence-electron chi connectivity index (χ0n) is 16.7. The summed E-state index contributed by atoms with van der Waals surface area (Å²) >= 11 is 0. The van der Waals surface area contributed by atoms with Gasteiger partial charge in [-0.1, -0.05) is 0 Å². The lowest BCUT2D eigenvalue weighted by Gasteiger charge is -2.19. The summed E-state index contributed by atoms with van der Waals surface area (Å²) in [6.07, 6.45) is 1.91. The molecule has 0 spiro atoms. The first-order valence-electron chi connectivity index (χ1n) is 9.46. The van der Waals surface area contributed by atoms with Gasteiger partial charge in [0.05, 0.1) is 46.1 Å². The predicted octanol–water partition coefficient (Wildman–Crippen LogP) is 2.27. The number of rotatable bonds is 7. The van der Waals surface area contributed by atoms with Gasteiger partial charge in [-0.15, -0.1) is 0 Å². The van der Waals surface area contributed by atoms with Gasteiger partial charge in [-0.05, 0) is 45.4 Å². The molecule has 1 aromatic carbocycles. The lowest BCUT2D eigenvalue weighted by Crippen LogP contribution is -2.31. The molecule has 1 amide bonds. The molecule has 3 rings (SSSR count). The van der Waals surface area contributed by atoms with Crippen LogP contribution < -0.4 is 10.6 Å². The zero-order chi connectivity index (χ0) is 21.2. The summed E-state index contributed by atoms with van der Waals surface area (Å²) in [5.74, 6) is -0.326. The van der Waals surface area contributed by atoms with E-state index in [9.17, 15) is 15.0 Å². The maximum absolute atomic E-state index is 12.8. The van der Waals surface area contributed by atoms with Crippen LogP contribution in [-0.2, 0) is 0 Å². The molecule has 2 aromatic heterocycles. The van der Waals surface area contributed by atoms with Crippen LogP contribution in [-0.4, -0.2) is 50.9 Å². The summed E-state index contributed by atoms with van der Waals surface area (Å²) < 4.78 is 0. The second-order valence-corrected chi connectivity index (χ2v) is 7.81. The van der Waals surface area contributed by atoms with Gasteiger partial charge in [0, 0.05) is 29.7 Å². The molecule has 0 fully saturated rings. The Labute approximate surface area is 168 Å². The third-order valence-corrected chi connectivity index (χ3v) is 4.67. The van der Waals surface area contributed by atoms with E-state index < -0.39 is 5.60 Å². The minimum absolute atomic E-state index is 0.109. The van der Waals surface area contributed by atoms with Gasteiger partial charge in [-0.2, -0.15) is 5.26 Å². The topological polar surface area (TPSA) is 134 Å². The number of pyridine rings is 1. The van der Waals surface area contributed by atoms with E-state index in [2.05, 4.69) is 26.7 Å². The first-order chi connectivity index (χ1) is 13.7. The van der Waals surface area contributed by atoms with Gasteiger partial charge in [-0.25, -0.2) is 0 Å². The van der Waals surface area contributed by atoms with Crippen molar-refractivity contribution in [2.24, 2.45) is 0 Å². The number of aliphatic hydroxyl groups is 2. The average molecular weight is 395 g/mol. The average Bonchev–Trinajstić information content (AvgIpc) is 3.05. The van der Waals surface area contributed by atoms with Crippen molar-refractivity contribution in [3.8, 4) is 6.07 Å². The number of amides is 1. The molecular formula is C21H25N5O3. The minimum atomic E-state index is -0.877. The van der Waals surface area contributed by atoms with Crippen LogP contribution in [0.2, 0.25) is 0 Å². The van der Waals surface area contributed by atoms with Crippen molar-refractivity contribution in [3.63, 3.8) is 0 Å².